The molecule has 0 bridgehead atoms. The average molecular weight is 387 g/mol. The van der Waals surface area contributed by atoms with Gasteiger partial charge in [-0.1, -0.05) is 52.3 Å². The second-order valence-electron chi connectivity index (χ2n) is 5.88. The summed E-state index contributed by atoms with van der Waals surface area (Å²) in [5, 5.41) is 12.7. The van der Waals surface area contributed by atoms with Gasteiger partial charge in [-0.05, 0) is 37.6 Å². The van der Waals surface area contributed by atoms with E-state index >= 15 is 0 Å². The molecule has 124 valence electrons. The van der Waals surface area contributed by atoms with Crippen molar-refractivity contribution in [1.29, 1.82) is 0 Å². The summed E-state index contributed by atoms with van der Waals surface area (Å²) in [6, 6.07) is 14.7. The van der Waals surface area contributed by atoms with Crippen LogP contribution < -0.4 is 5.43 Å². The molecule has 2 aromatic rings. The van der Waals surface area contributed by atoms with Crippen molar-refractivity contribution in [3.05, 3.63) is 81.5 Å². The molecule has 4 nitrogen and oxygen atoms in total. The highest BCUT2D eigenvalue weighted by Gasteiger charge is 2.46. The van der Waals surface area contributed by atoms with Gasteiger partial charge in [-0.3, -0.25) is 10.2 Å². The standard InChI is InChI=1S/C19H19BrN2O2/c1-3-16-12-19(24,14-8-10-15(20)11-9-14)22(21-16)18(23)17-7-5-4-6-13(17)2/h3-11,21,24H,12H2,1-2H3. The monoisotopic (exact) mass is 386 g/mol. The first-order valence-electron chi connectivity index (χ1n) is 7.76. The van der Waals surface area contributed by atoms with Gasteiger partial charge >= 0.3 is 0 Å². The van der Waals surface area contributed by atoms with Gasteiger partial charge in [0.1, 0.15) is 0 Å². The Hall–Kier alpha value is -2.11. The van der Waals surface area contributed by atoms with E-state index in [-0.39, 0.29) is 5.91 Å². The Labute approximate surface area is 149 Å². The van der Waals surface area contributed by atoms with Crippen molar-refractivity contribution in [3.8, 4) is 0 Å². The maximum atomic E-state index is 13.1. The first-order valence-corrected chi connectivity index (χ1v) is 8.55. The van der Waals surface area contributed by atoms with E-state index in [0.29, 0.717) is 17.5 Å². The first kappa shape index (κ1) is 16.7. The predicted molar refractivity (Wildman–Crippen MR) is 96.9 cm³/mol. The molecule has 1 aliphatic heterocycles. The van der Waals surface area contributed by atoms with Crippen molar-refractivity contribution in [3.63, 3.8) is 0 Å². The summed E-state index contributed by atoms with van der Waals surface area (Å²) in [5.74, 6) is -0.254. The van der Waals surface area contributed by atoms with Gasteiger partial charge in [0.15, 0.2) is 5.72 Å². The molecule has 1 saturated heterocycles. The van der Waals surface area contributed by atoms with E-state index in [1.807, 2.05) is 62.4 Å². The van der Waals surface area contributed by atoms with Crippen molar-refractivity contribution in [2.75, 3.05) is 0 Å². The topological polar surface area (TPSA) is 52.6 Å². The molecule has 1 heterocycles. The Morgan fingerprint density at radius 3 is 2.54 bits per heavy atom. The molecule has 2 aromatic carbocycles. The molecule has 0 radical (unpaired) electrons. The van der Waals surface area contributed by atoms with E-state index in [1.165, 1.54) is 5.01 Å². The van der Waals surface area contributed by atoms with Crippen molar-refractivity contribution in [1.82, 2.24) is 10.4 Å². The normalized spacial score (nSPS) is 21.8. The SMILES string of the molecule is CC=C1CC(O)(c2ccc(Br)cc2)N(C(=O)c2ccccc2C)N1. The molecule has 2 N–H and O–H groups in total. The van der Waals surface area contributed by atoms with Crippen molar-refractivity contribution < 1.29 is 9.90 Å². The quantitative estimate of drug-likeness (QED) is 0.823. The van der Waals surface area contributed by atoms with Gasteiger partial charge in [0.25, 0.3) is 5.91 Å². The molecular weight excluding hydrogens is 368 g/mol. The number of hydrogen-bond acceptors (Lipinski definition) is 3. The van der Waals surface area contributed by atoms with E-state index in [2.05, 4.69) is 21.4 Å². The van der Waals surface area contributed by atoms with E-state index in [9.17, 15) is 9.90 Å². The van der Waals surface area contributed by atoms with Crippen LogP contribution in [-0.4, -0.2) is 16.0 Å². The number of allylic oxidation sites excluding steroid dienone is 1. The van der Waals surface area contributed by atoms with Gasteiger partial charge in [-0.25, -0.2) is 5.01 Å². The lowest BCUT2D eigenvalue weighted by molar-refractivity contribution is -0.0836. The smallest absolute Gasteiger partial charge is 0.275 e. The van der Waals surface area contributed by atoms with Gasteiger partial charge in [0, 0.05) is 27.7 Å². The van der Waals surface area contributed by atoms with E-state index in [1.54, 1.807) is 6.07 Å². The third-order valence-corrected chi connectivity index (χ3v) is 4.82. The Morgan fingerprint density at radius 2 is 1.92 bits per heavy atom. The van der Waals surface area contributed by atoms with Crippen molar-refractivity contribution in [2.24, 2.45) is 0 Å². The number of carbonyl (C=O) groups excluding carboxylic acids is 1. The van der Waals surface area contributed by atoms with Crippen LogP contribution in [0.25, 0.3) is 0 Å². The molecule has 1 atom stereocenters. The Kier molecular flexibility index (Phi) is 4.47. The van der Waals surface area contributed by atoms with Gasteiger partial charge < -0.3 is 5.11 Å². The van der Waals surface area contributed by atoms with Gasteiger partial charge in [-0.15, -0.1) is 0 Å². The number of nitrogens with zero attached hydrogens (tertiary/aromatic N) is 1. The van der Waals surface area contributed by atoms with Crippen LogP contribution in [0.2, 0.25) is 0 Å². The third-order valence-electron chi connectivity index (χ3n) is 4.30. The number of carbonyl (C=O) groups is 1. The number of hydrazine groups is 1. The highest BCUT2D eigenvalue weighted by Crippen LogP contribution is 2.37. The minimum Gasteiger partial charge on any atom is -0.365 e. The fraction of sp³-hybridized carbons (Fsp3) is 0.211. The minimum absolute atomic E-state index is 0.254. The number of nitrogens with one attached hydrogen (secondary N) is 1. The zero-order valence-electron chi connectivity index (χ0n) is 13.6. The lowest BCUT2D eigenvalue weighted by Gasteiger charge is -2.33. The second-order valence-corrected chi connectivity index (χ2v) is 6.80. The zero-order valence-corrected chi connectivity index (χ0v) is 15.2. The first-order chi connectivity index (χ1) is 11.5. The fourth-order valence-electron chi connectivity index (χ4n) is 2.89. The Balaban J connectivity index is 2.05. The minimum atomic E-state index is -1.43. The van der Waals surface area contributed by atoms with Crippen LogP contribution in [0.5, 0.6) is 0 Å². The highest BCUT2D eigenvalue weighted by molar-refractivity contribution is 9.10. The van der Waals surface area contributed by atoms with Crippen LogP contribution in [0.1, 0.15) is 34.8 Å². The summed E-state index contributed by atoms with van der Waals surface area (Å²) in [7, 11) is 0. The lowest BCUT2D eigenvalue weighted by Crippen LogP contribution is -2.49. The number of benzene rings is 2. The number of aryl methyl sites for hydroxylation is 1. The molecule has 5 heteroatoms. The summed E-state index contributed by atoms with van der Waals surface area (Å²) in [5.41, 5.74) is 4.54. The summed E-state index contributed by atoms with van der Waals surface area (Å²) >= 11 is 3.40. The number of aliphatic hydroxyl groups is 1. The molecule has 1 fully saturated rings. The van der Waals surface area contributed by atoms with E-state index in [4.69, 9.17) is 0 Å². The van der Waals surface area contributed by atoms with Gasteiger partial charge in [0.2, 0.25) is 0 Å². The fourth-order valence-corrected chi connectivity index (χ4v) is 3.15. The predicted octanol–water partition coefficient (Wildman–Crippen LogP) is 3.86. The summed E-state index contributed by atoms with van der Waals surface area (Å²) < 4.78 is 0.920. The average Bonchev–Trinajstić information content (AvgIpc) is 2.93. The molecule has 0 aromatic heterocycles. The maximum absolute atomic E-state index is 13.1. The number of amides is 1. The van der Waals surface area contributed by atoms with Crippen LogP contribution in [-0.2, 0) is 5.72 Å². The van der Waals surface area contributed by atoms with E-state index < -0.39 is 5.72 Å². The molecular formula is C19H19BrN2O2. The summed E-state index contributed by atoms with van der Waals surface area (Å²) in [4.78, 5) is 13.1. The van der Waals surface area contributed by atoms with Gasteiger partial charge in [-0.2, -0.15) is 0 Å². The largest absolute Gasteiger partial charge is 0.365 e. The third kappa shape index (κ3) is 2.85. The molecule has 24 heavy (non-hydrogen) atoms. The molecule has 1 amide bonds. The van der Waals surface area contributed by atoms with Crippen LogP contribution >= 0.6 is 15.9 Å². The lowest BCUT2D eigenvalue weighted by atomic mass is 9.97. The molecule has 0 aliphatic carbocycles. The second kappa shape index (κ2) is 6.42. The molecule has 0 spiro atoms. The van der Waals surface area contributed by atoms with E-state index in [0.717, 1.165) is 15.7 Å². The molecule has 3 rings (SSSR count). The number of halogens is 1. The zero-order chi connectivity index (χ0) is 17.3. The summed E-state index contributed by atoms with van der Waals surface area (Å²) in [6.45, 7) is 3.77. The van der Waals surface area contributed by atoms with Crippen molar-refractivity contribution >= 4 is 21.8 Å². The Bertz CT molecular complexity index is 801. The highest BCUT2D eigenvalue weighted by atomic mass is 79.9. The van der Waals surface area contributed by atoms with Crippen LogP contribution in [0.4, 0.5) is 0 Å². The Morgan fingerprint density at radius 1 is 1.25 bits per heavy atom. The van der Waals surface area contributed by atoms with Crippen molar-refractivity contribution in [2.45, 2.75) is 26.0 Å². The van der Waals surface area contributed by atoms with Crippen LogP contribution in [0.15, 0.2) is 64.8 Å². The molecule has 1 aliphatic rings. The molecule has 0 saturated carbocycles. The number of rotatable bonds is 2. The van der Waals surface area contributed by atoms with Crippen LogP contribution in [0, 0.1) is 6.92 Å². The maximum Gasteiger partial charge on any atom is 0.275 e. The summed E-state index contributed by atoms with van der Waals surface area (Å²) in [6.07, 6.45) is 2.19. The molecule has 1 unspecified atom stereocenters. The van der Waals surface area contributed by atoms with Gasteiger partial charge in [0.05, 0.1) is 0 Å². The number of hydrogen-bond donors (Lipinski definition) is 2. The van der Waals surface area contributed by atoms with Crippen LogP contribution in [0.3, 0.4) is 0 Å².